The summed E-state index contributed by atoms with van der Waals surface area (Å²) in [6.07, 6.45) is 2.68. The number of carbonyl (C=O) groups is 1. The van der Waals surface area contributed by atoms with Gasteiger partial charge in [-0.15, -0.1) is 0 Å². The van der Waals surface area contributed by atoms with Gasteiger partial charge in [-0.1, -0.05) is 13.0 Å². The summed E-state index contributed by atoms with van der Waals surface area (Å²) in [7, 11) is 0. The smallest absolute Gasteiger partial charge is 0.303 e. The van der Waals surface area contributed by atoms with Gasteiger partial charge >= 0.3 is 5.97 Å². The Hall–Kier alpha value is -1.42. The van der Waals surface area contributed by atoms with E-state index < -0.39 is 5.97 Å². The maximum Gasteiger partial charge on any atom is 0.303 e. The van der Waals surface area contributed by atoms with E-state index in [1.54, 1.807) is 6.20 Å². The molecule has 1 aromatic rings. The van der Waals surface area contributed by atoms with E-state index in [9.17, 15) is 4.79 Å². The van der Waals surface area contributed by atoms with Crippen LogP contribution >= 0.6 is 0 Å². The molecular formula is C13H20N2O2. The summed E-state index contributed by atoms with van der Waals surface area (Å²) in [6, 6.07) is 6.12. The molecule has 0 radical (unpaired) electrons. The SMILES string of the molecule is CCN(Cc1ccccn1)C(C)CCC(=O)O. The Bertz CT molecular complexity index is 341. The molecule has 94 valence electrons. The van der Waals surface area contributed by atoms with Crippen LogP contribution in [0.3, 0.4) is 0 Å². The Morgan fingerprint density at radius 1 is 1.53 bits per heavy atom. The minimum Gasteiger partial charge on any atom is -0.481 e. The number of hydrogen-bond acceptors (Lipinski definition) is 3. The average Bonchev–Trinajstić information content (AvgIpc) is 2.34. The summed E-state index contributed by atoms with van der Waals surface area (Å²) in [4.78, 5) is 17.1. The van der Waals surface area contributed by atoms with Crippen LogP contribution in [-0.2, 0) is 11.3 Å². The maximum absolute atomic E-state index is 10.5. The zero-order valence-corrected chi connectivity index (χ0v) is 10.5. The Morgan fingerprint density at radius 2 is 2.29 bits per heavy atom. The minimum atomic E-state index is -0.731. The van der Waals surface area contributed by atoms with Crippen molar-refractivity contribution in [3.63, 3.8) is 0 Å². The first kappa shape index (κ1) is 13.6. The van der Waals surface area contributed by atoms with Crippen molar-refractivity contribution in [1.29, 1.82) is 0 Å². The summed E-state index contributed by atoms with van der Waals surface area (Å²) >= 11 is 0. The third-order valence-electron chi connectivity index (χ3n) is 2.90. The molecule has 0 amide bonds. The Morgan fingerprint density at radius 3 is 2.82 bits per heavy atom. The lowest BCUT2D eigenvalue weighted by Crippen LogP contribution is -2.33. The fourth-order valence-corrected chi connectivity index (χ4v) is 1.79. The number of hydrogen-bond donors (Lipinski definition) is 1. The monoisotopic (exact) mass is 236 g/mol. The normalized spacial score (nSPS) is 12.6. The van der Waals surface area contributed by atoms with E-state index >= 15 is 0 Å². The van der Waals surface area contributed by atoms with Gasteiger partial charge in [0.2, 0.25) is 0 Å². The first-order valence-corrected chi connectivity index (χ1v) is 5.99. The molecule has 0 aliphatic rings. The van der Waals surface area contributed by atoms with Gasteiger partial charge in [0.05, 0.1) is 5.69 Å². The van der Waals surface area contributed by atoms with Gasteiger partial charge in [0.1, 0.15) is 0 Å². The number of aliphatic carboxylic acids is 1. The van der Waals surface area contributed by atoms with Crippen molar-refractivity contribution < 1.29 is 9.90 Å². The van der Waals surface area contributed by atoms with Crippen LogP contribution in [-0.4, -0.2) is 33.5 Å². The molecule has 1 heterocycles. The maximum atomic E-state index is 10.5. The van der Waals surface area contributed by atoms with E-state index in [4.69, 9.17) is 5.11 Å². The summed E-state index contributed by atoms with van der Waals surface area (Å²) < 4.78 is 0. The minimum absolute atomic E-state index is 0.222. The predicted octanol–water partition coefficient (Wildman–Crippen LogP) is 2.16. The summed E-state index contributed by atoms with van der Waals surface area (Å²) in [5, 5.41) is 8.68. The van der Waals surface area contributed by atoms with Crippen LogP contribution in [0.15, 0.2) is 24.4 Å². The van der Waals surface area contributed by atoms with Crippen LogP contribution in [0.4, 0.5) is 0 Å². The third kappa shape index (κ3) is 4.95. The molecule has 0 saturated heterocycles. The highest BCUT2D eigenvalue weighted by Gasteiger charge is 2.14. The second-order valence-corrected chi connectivity index (χ2v) is 4.17. The van der Waals surface area contributed by atoms with Gasteiger partial charge in [0, 0.05) is 25.2 Å². The topological polar surface area (TPSA) is 53.4 Å². The van der Waals surface area contributed by atoms with Crippen molar-refractivity contribution in [2.75, 3.05) is 6.54 Å². The van der Waals surface area contributed by atoms with Crippen molar-refractivity contribution >= 4 is 5.97 Å². The van der Waals surface area contributed by atoms with Crippen molar-refractivity contribution in [2.24, 2.45) is 0 Å². The lowest BCUT2D eigenvalue weighted by atomic mass is 10.1. The van der Waals surface area contributed by atoms with Crippen molar-refractivity contribution in [1.82, 2.24) is 9.88 Å². The molecule has 17 heavy (non-hydrogen) atoms. The van der Waals surface area contributed by atoms with E-state index in [2.05, 4.69) is 23.7 Å². The molecule has 1 atom stereocenters. The average molecular weight is 236 g/mol. The first-order chi connectivity index (χ1) is 8.13. The molecule has 4 nitrogen and oxygen atoms in total. The van der Waals surface area contributed by atoms with Crippen molar-refractivity contribution in [3.05, 3.63) is 30.1 Å². The number of aromatic nitrogens is 1. The predicted molar refractivity (Wildman–Crippen MR) is 66.7 cm³/mol. The summed E-state index contributed by atoms with van der Waals surface area (Å²) in [6.45, 7) is 5.82. The van der Waals surface area contributed by atoms with E-state index in [1.807, 2.05) is 18.2 Å². The lowest BCUT2D eigenvalue weighted by molar-refractivity contribution is -0.137. The van der Waals surface area contributed by atoms with Gasteiger partial charge in [-0.3, -0.25) is 14.7 Å². The first-order valence-electron chi connectivity index (χ1n) is 5.99. The fraction of sp³-hybridized carbons (Fsp3) is 0.538. The van der Waals surface area contributed by atoms with Crippen LogP contribution in [0.2, 0.25) is 0 Å². The molecular weight excluding hydrogens is 216 g/mol. The lowest BCUT2D eigenvalue weighted by Gasteiger charge is -2.27. The van der Waals surface area contributed by atoms with Gasteiger partial charge < -0.3 is 5.11 Å². The van der Waals surface area contributed by atoms with Gasteiger partial charge in [0.25, 0.3) is 0 Å². The van der Waals surface area contributed by atoms with E-state index in [0.717, 1.165) is 18.8 Å². The zero-order valence-electron chi connectivity index (χ0n) is 10.5. The highest BCUT2D eigenvalue weighted by Crippen LogP contribution is 2.10. The van der Waals surface area contributed by atoms with E-state index in [0.29, 0.717) is 6.42 Å². The molecule has 0 aliphatic carbocycles. The fourth-order valence-electron chi connectivity index (χ4n) is 1.79. The Labute approximate surface area is 102 Å². The second kappa shape index (κ2) is 7.01. The van der Waals surface area contributed by atoms with Crippen LogP contribution in [0.25, 0.3) is 0 Å². The standard InChI is InChI=1S/C13H20N2O2/c1-3-15(11(2)7-8-13(16)17)10-12-6-4-5-9-14-12/h4-6,9,11H,3,7-8,10H2,1-2H3,(H,16,17). The third-order valence-corrected chi connectivity index (χ3v) is 2.90. The van der Waals surface area contributed by atoms with Gasteiger partial charge in [-0.25, -0.2) is 0 Å². The van der Waals surface area contributed by atoms with Crippen LogP contribution < -0.4 is 0 Å². The molecule has 1 rings (SSSR count). The molecule has 0 bridgehead atoms. The number of carboxylic acid groups (broad SMARTS) is 1. The highest BCUT2D eigenvalue weighted by molar-refractivity contribution is 5.66. The Balaban J connectivity index is 2.50. The highest BCUT2D eigenvalue weighted by atomic mass is 16.4. The quantitative estimate of drug-likeness (QED) is 0.788. The van der Waals surface area contributed by atoms with Crippen LogP contribution in [0.5, 0.6) is 0 Å². The number of carboxylic acids is 1. The summed E-state index contributed by atoms with van der Waals surface area (Å²) in [5.41, 5.74) is 1.02. The second-order valence-electron chi connectivity index (χ2n) is 4.17. The molecule has 1 aromatic heterocycles. The summed E-state index contributed by atoms with van der Waals surface area (Å²) in [5.74, 6) is -0.731. The molecule has 0 saturated carbocycles. The van der Waals surface area contributed by atoms with Crippen LogP contribution in [0.1, 0.15) is 32.4 Å². The van der Waals surface area contributed by atoms with Crippen LogP contribution in [0, 0.1) is 0 Å². The number of pyridine rings is 1. The number of rotatable bonds is 7. The van der Waals surface area contributed by atoms with Gasteiger partial charge in [-0.2, -0.15) is 0 Å². The molecule has 1 unspecified atom stereocenters. The van der Waals surface area contributed by atoms with Gasteiger partial charge in [-0.05, 0) is 32.0 Å². The zero-order chi connectivity index (χ0) is 12.7. The molecule has 1 N–H and O–H groups in total. The molecule has 0 spiro atoms. The van der Waals surface area contributed by atoms with Crippen molar-refractivity contribution in [3.8, 4) is 0 Å². The molecule has 0 aliphatic heterocycles. The molecule has 0 aromatic carbocycles. The van der Waals surface area contributed by atoms with Crippen molar-refractivity contribution in [2.45, 2.75) is 39.3 Å². The van der Waals surface area contributed by atoms with E-state index in [-0.39, 0.29) is 12.5 Å². The molecule has 4 heteroatoms. The number of nitrogens with zero attached hydrogens (tertiary/aromatic N) is 2. The largest absolute Gasteiger partial charge is 0.481 e. The van der Waals surface area contributed by atoms with E-state index in [1.165, 1.54) is 0 Å². The molecule has 0 fully saturated rings. The Kier molecular flexibility index (Phi) is 5.63. The van der Waals surface area contributed by atoms with Gasteiger partial charge in [0.15, 0.2) is 0 Å².